The van der Waals surface area contributed by atoms with Crippen LogP contribution in [0.2, 0.25) is 0 Å². The molecule has 5 rings (SSSR count). The Morgan fingerprint density at radius 2 is 1.81 bits per heavy atom. The van der Waals surface area contributed by atoms with E-state index in [9.17, 15) is 5.11 Å². The van der Waals surface area contributed by atoms with Crippen molar-refractivity contribution in [2.45, 2.75) is 6.42 Å². The van der Waals surface area contributed by atoms with Gasteiger partial charge in [-0.3, -0.25) is 0 Å². The van der Waals surface area contributed by atoms with Gasteiger partial charge in [-0.05, 0) is 0 Å². The van der Waals surface area contributed by atoms with Crippen molar-refractivity contribution >= 4 is 31.5 Å². The molecule has 0 bridgehead atoms. The Morgan fingerprint density at radius 1 is 1.03 bits per heavy atom. The number of nitriles is 1. The summed E-state index contributed by atoms with van der Waals surface area (Å²) in [7, 11) is 0. The van der Waals surface area contributed by atoms with E-state index >= 15 is 0 Å². The Hall–Kier alpha value is -3.38. The number of halogens is 1. The first-order valence-corrected chi connectivity index (χ1v) is 14.0. The number of hydrogen-bond acceptors (Lipinski definition) is 5. The number of anilines is 2. The van der Waals surface area contributed by atoms with Crippen LogP contribution in [0.3, 0.4) is 0 Å². The zero-order chi connectivity index (χ0) is 21.2. The predicted octanol–water partition coefficient (Wildman–Crippen LogP) is 4.87. The summed E-state index contributed by atoms with van der Waals surface area (Å²) in [5.74, 6) is 1.59. The van der Waals surface area contributed by atoms with Crippen molar-refractivity contribution in [3.8, 4) is 17.6 Å². The number of nitrogens with one attached hydrogen (secondary N) is 1. The van der Waals surface area contributed by atoms with Gasteiger partial charge in [-0.25, -0.2) is 0 Å². The molecule has 7 heteroatoms. The Morgan fingerprint density at radius 3 is 2.52 bits per heavy atom. The van der Waals surface area contributed by atoms with Crippen molar-refractivity contribution in [3.63, 3.8) is 0 Å². The molecule has 2 N–H and O–H groups in total. The molecule has 0 amide bonds. The van der Waals surface area contributed by atoms with Crippen LogP contribution in [0.4, 0.5) is 11.6 Å². The third-order valence-corrected chi connectivity index (χ3v) is 9.83. The second-order valence-electron chi connectivity index (χ2n) is 7.19. The quantitative estimate of drug-likeness (QED) is 0.280. The molecule has 0 spiro atoms. The molecule has 1 aliphatic rings. The van der Waals surface area contributed by atoms with Crippen LogP contribution >= 0.6 is 19.8 Å². The first-order valence-electron chi connectivity index (χ1n) is 9.90. The standard InChI is InChI=1S/C24H20IN5O/c26-16-17-6-8-18(9-7-17)27-24-28-19(15-23(29-24)30-12-1-2-13-30)14-20-21(25-10-11-25)4-3-5-22(20)31/h1-9,12-13,15,31H,10-11,14H2,(H,27,28,29). The van der Waals surface area contributed by atoms with E-state index in [0.29, 0.717) is 23.7 Å². The monoisotopic (exact) mass is 521 g/mol. The summed E-state index contributed by atoms with van der Waals surface area (Å²) in [5.41, 5.74) is 3.26. The molecule has 0 aliphatic carbocycles. The van der Waals surface area contributed by atoms with Gasteiger partial charge in [-0.15, -0.1) is 0 Å². The van der Waals surface area contributed by atoms with Crippen LogP contribution in [0.1, 0.15) is 16.8 Å². The van der Waals surface area contributed by atoms with Crippen molar-refractivity contribution in [2.24, 2.45) is 0 Å². The predicted molar refractivity (Wildman–Crippen MR) is 129 cm³/mol. The molecule has 1 aliphatic heterocycles. The average Bonchev–Trinajstić information content (AvgIpc) is 3.48. The van der Waals surface area contributed by atoms with Crippen LogP contribution in [0.25, 0.3) is 5.82 Å². The SMILES string of the molecule is N#Cc1ccc(Nc2nc(Cc3c(O)cccc3I3CC3)cc(-n3cccc3)n2)cc1. The van der Waals surface area contributed by atoms with Gasteiger partial charge in [0.15, 0.2) is 0 Å². The van der Waals surface area contributed by atoms with E-state index in [1.807, 2.05) is 53.4 Å². The minimum atomic E-state index is -1.06. The summed E-state index contributed by atoms with van der Waals surface area (Å²) in [6.45, 7) is 0. The molecule has 31 heavy (non-hydrogen) atoms. The second-order valence-corrected chi connectivity index (χ2v) is 13.1. The van der Waals surface area contributed by atoms with Crippen LogP contribution in [-0.2, 0) is 6.42 Å². The first-order chi connectivity index (χ1) is 15.2. The second kappa shape index (κ2) is 8.40. The summed E-state index contributed by atoms with van der Waals surface area (Å²) >= 11 is -1.06. The number of hydrogen-bond donors (Lipinski definition) is 2. The van der Waals surface area contributed by atoms with Crippen LogP contribution < -0.4 is 5.32 Å². The van der Waals surface area contributed by atoms with E-state index in [4.69, 9.17) is 10.2 Å². The molecule has 1 fully saturated rings. The van der Waals surface area contributed by atoms with Gasteiger partial charge in [0.1, 0.15) is 0 Å². The molecular formula is C24H20IN5O. The zero-order valence-electron chi connectivity index (χ0n) is 16.7. The summed E-state index contributed by atoms with van der Waals surface area (Å²) in [6.07, 6.45) is 4.46. The number of phenols is 1. The molecule has 4 aromatic rings. The molecule has 3 heterocycles. The maximum absolute atomic E-state index is 10.6. The van der Waals surface area contributed by atoms with Gasteiger partial charge in [0.25, 0.3) is 0 Å². The molecule has 0 saturated carbocycles. The van der Waals surface area contributed by atoms with E-state index in [1.54, 1.807) is 18.2 Å². The molecule has 154 valence electrons. The molecule has 6 nitrogen and oxygen atoms in total. The number of aromatic nitrogens is 3. The minimum absolute atomic E-state index is 0.351. The Labute approximate surface area is 187 Å². The van der Waals surface area contributed by atoms with E-state index < -0.39 is 19.8 Å². The van der Waals surface area contributed by atoms with Gasteiger partial charge >= 0.3 is 183 Å². The van der Waals surface area contributed by atoms with Crippen molar-refractivity contribution in [1.82, 2.24) is 14.5 Å². The van der Waals surface area contributed by atoms with Crippen LogP contribution in [0, 0.1) is 14.9 Å². The van der Waals surface area contributed by atoms with Crippen LogP contribution in [0.5, 0.6) is 5.75 Å². The van der Waals surface area contributed by atoms with E-state index in [2.05, 4.69) is 22.4 Å². The van der Waals surface area contributed by atoms with Crippen molar-refractivity contribution in [3.05, 3.63) is 93.4 Å². The summed E-state index contributed by atoms with van der Waals surface area (Å²) < 4.78 is 5.96. The average molecular weight is 521 g/mol. The van der Waals surface area contributed by atoms with Crippen LogP contribution in [0.15, 0.2) is 73.1 Å². The first kappa shape index (κ1) is 19.6. The Balaban J connectivity index is 1.52. The fourth-order valence-electron chi connectivity index (χ4n) is 3.40. The van der Waals surface area contributed by atoms with E-state index in [-0.39, 0.29) is 0 Å². The van der Waals surface area contributed by atoms with Gasteiger partial charge in [0.05, 0.1) is 0 Å². The van der Waals surface area contributed by atoms with E-state index in [0.717, 1.165) is 22.8 Å². The number of phenolic OH excluding ortho intramolecular Hbond substituents is 1. The summed E-state index contributed by atoms with van der Waals surface area (Å²) in [5, 5.41) is 22.8. The number of aromatic hydroxyl groups is 1. The van der Waals surface area contributed by atoms with Crippen molar-refractivity contribution in [2.75, 3.05) is 14.2 Å². The van der Waals surface area contributed by atoms with Gasteiger partial charge in [0, 0.05) is 0 Å². The van der Waals surface area contributed by atoms with Gasteiger partial charge in [0.2, 0.25) is 0 Å². The molecule has 0 unspecified atom stereocenters. The van der Waals surface area contributed by atoms with Crippen molar-refractivity contribution < 1.29 is 5.11 Å². The number of nitrogens with zero attached hydrogens (tertiary/aromatic N) is 4. The number of benzene rings is 2. The molecule has 2 aromatic carbocycles. The third kappa shape index (κ3) is 4.39. The van der Waals surface area contributed by atoms with Crippen LogP contribution in [-0.4, -0.2) is 28.5 Å². The molecule has 1 saturated heterocycles. The molecule has 0 radical (unpaired) electrons. The topological polar surface area (TPSA) is 86.8 Å². The van der Waals surface area contributed by atoms with E-state index in [1.165, 1.54) is 12.4 Å². The van der Waals surface area contributed by atoms with Gasteiger partial charge < -0.3 is 0 Å². The Bertz CT molecular complexity index is 1260. The zero-order valence-corrected chi connectivity index (χ0v) is 18.8. The summed E-state index contributed by atoms with van der Waals surface area (Å²) in [4.78, 5) is 9.41. The third-order valence-electron chi connectivity index (χ3n) is 5.02. The summed E-state index contributed by atoms with van der Waals surface area (Å²) in [6, 6.07) is 21.1. The number of rotatable bonds is 6. The maximum atomic E-state index is 10.6. The van der Waals surface area contributed by atoms with Gasteiger partial charge in [-0.2, -0.15) is 5.26 Å². The molecule has 2 aromatic heterocycles. The van der Waals surface area contributed by atoms with Crippen molar-refractivity contribution in [1.29, 1.82) is 5.26 Å². The normalized spacial score (nSPS) is 13.6. The fraction of sp³-hybridized carbons (Fsp3) is 0.125. The molecular weight excluding hydrogens is 501 g/mol. The van der Waals surface area contributed by atoms with Gasteiger partial charge in [-0.1, -0.05) is 0 Å². The number of alkyl halides is 2. The Kier molecular flexibility index (Phi) is 5.30. The fourth-order valence-corrected chi connectivity index (χ4v) is 8.24. The molecule has 0 atom stereocenters.